The predicted octanol–water partition coefficient (Wildman–Crippen LogP) is 2.85. The normalized spacial score (nSPS) is 23.9. The molecule has 1 rings (SSSR count). The Hall–Kier alpha value is -0.720. The van der Waals surface area contributed by atoms with Gasteiger partial charge in [0.1, 0.15) is 0 Å². The first kappa shape index (κ1) is 9.37. The van der Waals surface area contributed by atoms with Gasteiger partial charge in [-0.05, 0) is 23.8 Å². The van der Waals surface area contributed by atoms with Crippen LogP contribution < -0.4 is 5.32 Å². The van der Waals surface area contributed by atoms with Gasteiger partial charge in [-0.15, -0.1) is 0 Å². The van der Waals surface area contributed by atoms with Crippen molar-refractivity contribution in [3.05, 3.63) is 24.4 Å². The quantitative estimate of drug-likeness (QED) is 0.589. The lowest BCUT2D eigenvalue weighted by Gasteiger charge is -2.27. The summed E-state index contributed by atoms with van der Waals surface area (Å²) in [5, 5.41) is 3.37. The fourth-order valence-electron chi connectivity index (χ4n) is 1.49. The van der Waals surface area contributed by atoms with Gasteiger partial charge in [0.2, 0.25) is 0 Å². The van der Waals surface area contributed by atoms with E-state index in [0.29, 0.717) is 6.04 Å². The average Bonchev–Trinajstić information content (AvgIpc) is 2.32. The molecule has 68 valence electrons. The Morgan fingerprint density at radius 1 is 1.50 bits per heavy atom. The molecular formula is C11H19N. The molecule has 0 saturated carbocycles. The van der Waals surface area contributed by atoms with Crippen LogP contribution in [0.5, 0.6) is 0 Å². The molecule has 0 aromatic carbocycles. The minimum Gasteiger partial charge on any atom is -0.382 e. The second-order valence-electron chi connectivity index (χ2n) is 4.61. The number of rotatable bonds is 1. The third-order valence-electron chi connectivity index (χ3n) is 2.50. The van der Waals surface area contributed by atoms with E-state index in [1.165, 1.54) is 5.57 Å². The molecule has 0 amide bonds. The van der Waals surface area contributed by atoms with Gasteiger partial charge in [-0.25, -0.2) is 0 Å². The molecule has 0 bridgehead atoms. The van der Waals surface area contributed by atoms with E-state index in [1.807, 2.05) is 0 Å². The highest BCUT2D eigenvalue weighted by Crippen LogP contribution is 2.31. The van der Waals surface area contributed by atoms with E-state index < -0.39 is 0 Å². The highest BCUT2D eigenvalue weighted by atomic mass is 15.0. The van der Waals surface area contributed by atoms with Crippen LogP contribution in [0.3, 0.4) is 0 Å². The van der Waals surface area contributed by atoms with Gasteiger partial charge in [0.15, 0.2) is 0 Å². The zero-order valence-electron chi connectivity index (χ0n) is 8.41. The molecule has 1 N–H and O–H groups in total. The Labute approximate surface area is 75.6 Å². The van der Waals surface area contributed by atoms with Crippen molar-refractivity contribution in [2.75, 3.05) is 0 Å². The van der Waals surface area contributed by atoms with E-state index in [4.69, 9.17) is 0 Å². The molecule has 0 radical (unpaired) electrons. The summed E-state index contributed by atoms with van der Waals surface area (Å²) in [5.74, 6) is 0. The lowest BCUT2D eigenvalue weighted by molar-refractivity contribution is 0.452. The molecule has 1 aliphatic heterocycles. The van der Waals surface area contributed by atoms with Crippen molar-refractivity contribution in [2.24, 2.45) is 5.41 Å². The zero-order chi connectivity index (χ0) is 9.35. The molecule has 1 fully saturated rings. The van der Waals surface area contributed by atoms with Gasteiger partial charge >= 0.3 is 0 Å². The molecule has 0 aliphatic carbocycles. The van der Waals surface area contributed by atoms with Crippen LogP contribution in [-0.2, 0) is 0 Å². The first-order valence-electron chi connectivity index (χ1n) is 4.55. The average molecular weight is 165 g/mol. The molecule has 1 aliphatic rings. The molecule has 1 unspecified atom stereocenters. The molecular weight excluding hydrogens is 146 g/mol. The van der Waals surface area contributed by atoms with Crippen molar-refractivity contribution in [2.45, 2.75) is 39.7 Å². The Morgan fingerprint density at radius 3 is 2.42 bits per heavy atom. The highest BCUT2D eigenvalue weighted by Gasteiger charge is 2.26. The molecule has 1 atom stereocenters. The molecule has 1 heterocycles. The minimum absolute atomic E-state index is 0.211. The summed E-state index contributed by atoms with van der Waals surface area (Å²) in [5.41, 5.74) is 2.66. The van der Waals surface area contributed by atoms with Gasteiger partial charge in [-0.3, -0.25) is 0 Å². The number of allylic oxidation sites excluding steroid dienone is 1. The van der Waals surface area contributed by atoms with Gasteiger partial charge in [-0.2, -0.15) is 0 Å². The molecule has 1 saturated heterocycles. The number of hydrogen-bond donors (Lipinski definition) is 1. The van der Waals surface area contributed by atoms with E-state index in [2.05, 4.69) is 39.2 Å². The summed E-state index contributed by atoms with van der Waals surface area (Å²) in [4.78, 5) is 0. The molecule has 1 nitrogen and oxygen atoms in total. The van der Waals surface area contributed by atoms with Crippen molar-refractivity contribution in [1.82, 2.24) is 5.32 Å². The van der Waals surface area contributed by atoms with Crippen molar-refractivity contribution in [3.63, 3.8) is 0 Å². The van der Waals surface area contributed by atoms with Crippen LogP contribution in [0, 0.1) is 5.41 Å². The highest BCUT2D eigenvalue weighted by molar-refractivity contribution is 5.20. The zero-order valence-corrected chi connectivity index (χ0v) is 8.41. The van der Waals surface area contributed by atoms with E-state index in [1.54, 1.807) is 0 Å². The van der Waals surface area contributed by atoms with E-state index >= 15 is 0 Å². The number of hydrogen-bond acceptors (Lipinski definition) is 1. The summed E-state index contributed by atoms with van der Waals surface area (Å²) < 4.78 is 0. The summed E-state index contributed by atoms with van der Waals surface area (Å²) in [6.07, 6.45) is 2.26. The minimum atomic E-state index is 0.211. The smallest absolute Gasteiger partial charge is 0.0476 e. The van der Waals surface area contributed by atoms with Crippen molar-refractivity contribution < 1.29 is 0 Å². The molecule has 0 aromatic heterocycles. The van der Waals surface area contributed by atoms with Gasteiger partial charge in [0, 0.05) is 11.7 Å². The molecule has 1 heteroatoms. The van der Waals surface area contributed by atoms with Crippen molar-refractivity contribution >= 4 is 0 Å². The van der Waals surface area contributed by atoms with Gasteiger partial charge < -0.3 is 5.32 Å². The fraction of sp³-hybridized carbons (Fsp3) is 0.636. The summed E-state index contributed by atoms with van der Waals surface area (Å²) in [6, 6.07) is 0.456. The molecule has 0 spiro atoms. The monoisotopic (exact) mass is 165 g/mol. The van der Waals surface area contributed by atoms with E-state index in [9.17, 15) is 0 Å². The van der Waals surface area contributed by atoms with Crippen molar-refractivity contribution in [1.29, 1.82) is 0 Å². The van der Waals surface area contributed by atoms with Gasteiger partial charge in [0.05, 0.1) is 0 Å². The van der Waals surface area contributed by atoms with Crippen LogP contribution in [0.2, 0.25) is 0 Å². The summed E-state index contributed by atoms with van der Waals surface area (Å²) >= 11 is 0. The number of nitrogens with one attached hydrogen (secondary N) is 1. The SMILES string of the molecule is C=C1CCC(C(=C)C(C)(C)C)N1. The predicted molar refractivity (Wildman–Crippen MR) is 53.9 cm³/mol. The van der Waals surface area contributed by atoms with Crippen LogP contribution in [-0.4, -0.2) is 6.04 Å². The maximum Gasteiger partial charge on any atom is 0.0476 e. The topological polar surface area (TPSA) is 12.0 Å². The first-order chi connectivity index (χ1) is 5.41. The summed E-state index contributed by atoms with van der Waals surface area (Å²) in [7, 11) is 0. The maximum absolute atomic E-state index is 4.14. The largest absolute Gasteiger partial charge is 0.382 e. The maximum atomic E-state index is 4.14. The van der Waals surface area contributed by atoms with Crippen LogP contribution in [0.15, 0.2) is 24.4 Å². The second-order valence-corrected chi connectivity index (χ2v) is 4.61. The molecule has 12 heavy (non-hydrogen) atoms. The first-order valence-corrected chi connectivity index (χ1v) is 4.55. The lowest BCUT2D eigenvalue weighted by atomic mass is 9.83. The standard InChI is InChI=1S/C11H19N/c1-8-6-7-10(12-8)9(2)11(3,4)5/h10,12H,1-2,6-7H2,3-5H3. The van der Waals surface area contributed by atoms with E-state index in [0.717, 1.165) is 18.5 Å². The van der Waals surface area contributed by atoms with E-state index in [-0.39, 0.29) is 5.41 Å². The third kappa shape index (κ3) is 1.90. The second kappa shape index (κ2) is 2.96. The Morgan fingerprint density at radius 2 is 2.08 bits per heavy atom. The Kier molecular flexibility index (Phi) is 2.31. The van der Waals surface area contributed by atoms with Gasteiger partial charge in [-0.1, -0.05) is 33.9 Å². The van der Waals surface area contributed by atoms with Crippen LogP contribution in [0.1, 0.15) is 33.6 Å². The van der Waals surface area contributed by atoms with Crippen molar-refractivity contribution in [3.8, 4) is 0 Å². The third-order valence-corrected chi connectivity index (χ3v) is 2.50. The van der Waals surface area contributed by atoms with Crippen LogP contribution in [0.25, 0.3) is 0 Å². The summed E-state index contributed by atoms with van der Waals surface area (Å²) in [6.45, 7) is 14.7. The van der Waals surface area contributed by atoms with Crippen LogP contribution >= 0.6 is 0 Å². The Bertz CT molecular complexity index is 208. The van der Waals surface area contributed by atoms with Crippen LogP contribution in [0.4, 0.5) is 0 Å². The molecule has 0 aromatic rings. The van der Waals surface area contributed by atoms with Gasteiger partial charge in [0.25, 0.3) is 0 Å². The lowest BCUT2D eigenvalue weighted by Crippen LogP contribution is -2.28. The Balaban J connectivity index is 2.61. The fourth-order valence-corrected chi connectivity index (χ4v) is 1.49.